The van der Waals surface area contributed by atoms with E-state index < -0.39 is 10.0 Å². The van der Waals surface area contributed by atoms with Gasteiger partial charge in [-0.1, -0.05) is 0 Å². The van der Waals surface area contributed by atoms with E-state index in [9.17, 15) is 8.42 Å². The smallest absolute Gasteiger partial charge is 0.246 e. The second kappa shape index (κ2) is 5.34. The normalized spacial score (nSPS) is 17.8. The number of hydrogen-bond donors (Lipinski definition) is 1. The molecule has 0 bridgehead atoms. The van der Waals surface area contributed by atoms with E-state index in [-0.39, 0.29) is 12.4 Å². The van der Waals surface area contributed by atoms with Crippen LogP contribution in [-0.2, 0) is 17.1 Å². The predicted octanol–water partition coefficient (Wildman–Crippen LogP) is -0.256. The van der Waals surface area contributed by atoms with Gasteiger partial charge in [-0.15, -0.1) is 12.4 Å². The van der Waals surface area contributed by atoms with Crippen LogP contribution in [0.5, 0.6) is 0 Å². The number of sulfonamides is 1. The van der Waals surface area contributed by atoms with Gasteiger partial charge in [0.1, 0.15) is 4.90 Å². The summed E-state index contributed by atoms with van der Waals surface area (Å²) >= 11 is 0. The Morgan fingerprint density at radius 1 is 1.35 bits per heavy atom. The Morgan fingerprint density at radius 3 is 2.41 bits per heavy atom. The molecule has 0 unspecified atom stereocenters. The third-order valence-electron chi connectivity index (χ3n) is 2.88. The van der Waals surface area contributed by atoms with E-state index in [1.165, 1.54) is 10.5 Å². The first-order valence-electron chi connectivity index (χ1n) is 5.23. The highest BCUT2D eigenvalue weighted by atomic mass is 35.5. The van der Waals surface area contributed by atoms with E-state index in [1.807, 2.05) is 0 Å². The zero-order valence-corrected chi connectivity index (χ0v) is 11.5. The summed E-state index contributed by atoms with van der Waals surface area (Å²) in [5, 5.41) is 7.10. The molecule has 1 aromatic heterocycles. The molecule has 2 heterocycles. The number of aryl methyl sites for hydroxylation is 1. The molecule has 6 nitrogen and oxygen atoms in total. The standard InChI is InChI=1S/C9H16N4O2S.ClH/c1-8-9(7-11-12(8)2)16(14,15)13-5-3-10-4-6-13;/h7,10H,3-6H2,1-2H3;1H. The molecule has 0 spiro atoms. The SMILES string of the molecule is Cc1c(S(=O)(=O)N2CCNCC2)cnn1C.Cl. The molecule has 1 aromatic rings. The van der Waals surface area contributed by atoms with E-state index >= 15 is 0 Å². The molecule has 1 N–H and O–H groups in total. The van der Waals surface area contributed by atoms with Crippen LogP contribution in [0.4, 0.5) is 0 Å². The van der Waals surface area contributed by atoms with Gasteiger partial charge < -0.3 is 5.32 Å². The van der Waals surface area contributed by atoms with Crippen molar-refractivity contribution in [3.05, 3.63) is 11.9 Å². The maximum Gasteiger partial charge on any atom is 0.246 e. The van der Waals surface area contributed by atoms with Gasteiger partial charge in [0.15, 0.2) is 0 Å². The molecule has 0 radical (unpaired) electrons. The molecule has 1 fully saturated rings. The summed E-state index contributed by atoms with van der Waals surface area (Å²) in [6, 6.07) is 0. The van der Waals surface area contributed by atoms with E-state index in [1.54, 1.807) is 18.7 Å². The lowest BCUT2D eigenvalue weighted by Crippen LogP contribution is -2.46. The Balaban J connectivity index is 0.00000144. The molecule has 0 saturated carbocycles. The number of hydrogen-bond acceptors (Lipinski definition) is 4. The average Bonchev–Trinajstić information content (AvgIpc) is 2.61. The number of piperazine rings is 1. The van der Waals surface area contributed by atoms with Gasteiger partial charge in [-0.25, -0.2) is 8.42 Å². The topological polar surface area (TPSA) is 67.2 Å². The summed E-state index contributed by atoms with van der Waals surface area (Å²) in [6.45, 7) is 4.23. The molecule has 0 aliphatic carbocycles. The molecular formula is C9H17ClN4O2S. The lowest BCUT2D eigenvalue weighted by Gasteiger charge is -2.26. The van der Waals surface area contributed by atoms with Crippen molar-refractivity contribution in [2.45, 2.75) is 11.8 Å². The largest absolute Gasteiger partial charge is 0.314 e. The van der Waals surface area contributed by atoms with Gasteiger partial charge in [0.05, 0.1) is 11.9 Å². The van der Waals surface area contributed by atoms with Crippen molar-refractivity contribution >= 4 is 22.4 Å². The van der Waals surface area contributed by atoms with Crippen molar-refractivity contribution in [1.82, 2.24) is 19.4 Å². The van der Waals surface area contributed by atoms with Gasteiger partial charge >= 0.3 is 0 Å². The molecule has 1 aliphatic heterocycles. The molecule has 2 rings (SSSR count). The number of rotatable bonds is 2. The number of nitrogens with one attached hydrogen (secondary N) is 1. The Kier molecular flexibility index (Phi) is 4.54. The molecule has 0 atom stereocenters. The summed E-state index contributed by atoms with van der Waals surface area (Å²) in [5.74, 6) is 0. The molecule has 17 heavy (non-hydrogen) atoms. The first kappa shape index (κ1) is 14.4. The molecule has 0 amide bonds. The van der Waals surface area contributed by atoms with Crippen molar-refractivity contribution in [2.75, 3.05) is 26.2 Å². The van der Waals surface area contributed by atoms with Crippen LogP contribution in [0.25, 0.3) is 0 Å². The minimum absolute atomic E-state index is 0. The quantitative estimate of drug-likeness (QED) is 0.811. The van der Waals surface area contributed by atoms with Crippen LogP contribution in [0.1, 0.15) is 5.69 Å². The summed E-state index contributed by atoms with van der Waals surface area (Å²) in [7, 11) is -1.62. The molecule has 1 aliphatic rings. The summed E-state index contributed by atoms with van der Waals surface area (Å²) in [4.78, 5) is 0.317. The lowest BCUT2D eigenvalue weighted by molar-refractivity contribution is 0.360. The fraction of sp³-hybridized carbons (Fsp3) is 0.667. The van der Waals surface area contributed by atoms with Crippen molar-refractivity contribution in [2.24, 2.45) is 7.05 Å². The second-order valence-corrected chi connectivity index (χ2v) is 5.78. The van der Waals surface area contributed by atoms with Gasteiger partial charge in [0, 0.05) is 33.2 Å². The van der Waals surface area contributed by atoms with Crippen LogP contribution in [0.2, 0.25) is 0 Å². The first-order valence-corrected chi connectivity index (χ1v) is 6.67. The Bertz CT molecular complexity index is 479. The summed E-state index contributed by atoms with van der Waals surface area (Å²) in [5.41, 5.74) is 0.679. The van der Waals surface area contributed by atoms with Crippen LogP contribution in [0.3, 0.4) is 0 Å². The highest BCUT2D eigenvalue weighted by Crippen LogP contribution is 2.18. The lowest BCUT2D eigenvalue weighted by atomic mass is 10.4. The second-order valence-electron chi connectivity index (χ2n) is 3.87. The monoisotopic (exact) mass is 280 g/mol. The van der Waals surface area contributed by atoms with E-state index in [4.69, 9.17) is 0 Å². The minimum atomic E-state index is -3.36. The van der Waals surface area contributed by atoms with E-state index in [2.05, 4.69) is 10.4 Å². The molecule has 98 valence electrons. The van der Waals surface area contributed by atoms with E-state index in [0.717, 1.165) is 0 Å². The van der Waals surface area contributed by atoms with Crippen LogP contribution in [0.15, 0.2) is 11.1 Å². The number of aromatic nitrogens is 2. The van der Waals surface area contributed by atoms with Gasteiger partial charge in [-0.3, -0.25) is 4.68 Å². The van der Waals surface area contributed by atoms with Gasteiger partial charge in [-0.05, 0) is 6.92 Å². The van der Waals surface area contributed by atoms with Gasteiger partial charge in [-0.2, -0.15) is 9.40 Å². The summed E-state index contributed by atoms with van der Waals surface area (Å²) < 4.78 is 27.6. The first-order chi connectivity index (χ1) is 7.53. The fourth-order valence-corrected chi connectivity index (χ4v) is 3.38. The number of nitrogens with zero attached hydrogens (tertiary/aromatic N) is 3. The van der Waals surface area contributed by atoms with Crippen LogP contribution >= 0.6 is 12.4 Å². The van der Waals surface area contributed by atoms with Gasteiger partial charge in [0.2, 0.25) is 10.0 Å². The van der Waals surface area contributed by atoms with Crippen molar-refractivity contribution in [3.63, 3.8) is 0 Å². The highest BCUT2D eigenvalue weighted by molar-refractivity contribution is 7.89. The number of halogens is 1. The van der Waals surface area contributed by atoms with Crippen LogP contribution < -0.4 is 5.32 Å². The van der Waals surface area contributed by atoms with Gasteiger partial charge in [0.25, 0.3) is 0 Å². The third kappa shape index (κ3) is 2.62. The highest BCUT2D eigenvalue weighted by Gasteiger charge is 2.28. The fourth-order valence-electron chi connectivity index (χ4n) is 1.76. The average molecular weight is 281 g/mol. The van der Waals surface area contributed by atoms with E-state index in [0.29, 0.717) is 36.8 Å². The van der Waals surface area contributed by atoms with Crippen LogP contribution in [-0.4, -0.2) is 48.7 Å². The third-order valence-corrected chi connectivity index (χ3v) is 4.89. The molecule has 8 heteroatoms. The zero-order valence-electron chi connectivity index (χ0n) is 9.88. The Labute approximate surface area is 107 Å². The van der Waals surface area contributed by atoms with Crippen molar-refractivity contribution in [3.8, 4) is 0 Å². The maximum atomic E-state index is 12.3. The zero-order chi connectivity index (χ0) is 11.8. The Hall–Kier alpha value is -0.630. The Morgan fingerprint density at radius 2 is 1.94 bits per heavy atom. The van der Waals surface area contributed by atoms with Crippen molar-refractivity contribution in [1.29, 1.82) is 0 Å². The van der Waals surface area contributed by atoms with Crippen molar-refractivity contribution < 1.29 is 8.42 Å². The molecular weight excluding hydrogens is 264 g/mol. The minimum Gasteiger partial charge on any atom is -0.314 e. The summed E-state index contributed by atoms with van der Waals surface area (Å²) in [6.07, 6.45) is 1.42. The maximum absolute atomic E-state index is 12.3. The molecule has 0 aromatic carbocycles. The van der Waals surface area contributed by atoms with Crippen LogP contribution in [0, 0.1) is 6.92 Å². The predicted molar refractivity (Wildman–Crippen MR) is 66.8 cm³/mol. The molecule has 1 saturated heterocycles.